The molecule has 0 saturated carbocycles. The molecule has 0 spiro atoms. The first-order valence-corrected chi connectivity index (χ1v) is 29.3. The molecule has 0 fully saturated rings. The van der Waals surface area contributed by atoms with Crippen LogP contribution in [-0.4, -0.2) is 115 Å². The maximum atomic E-state index is 12.2. The Kier molecular flexibility index (Phi) is 34.0. The number of carboxylic acids is 1. The highest BCUT2D eigenvalue weighted by molar-refractivity contribution is 5.85. The Morgan fingerprint density at radius 2 is 0.864 bits per heavy atom. The Morgan fingerprint density at radius 1 is 0.477 bits per heavy atom. The van der Waals surface area contributed by atoms with Crippen LogP contribution in [0.4, 0.5) is 14.4 Å². The molecular formula is C65H84N14O9. The van der Waals surface area contributed by atoms with Gasteiger partial charge in [-0.3, -0.25) is 14.8 Å². The topological polar surface area (TPSA) is 354 Å². The van der Waals surface area contributed by atoms with E-state index in [9.17, 15) is 28.8 Å². The first-order chi connectivity index (χ1) is 42.8. The average Bonchev–Trinajstić information content (AvgIpc) is 3.59. The number of pyridine rings is 2. The fourth-order valence-corrected chi connectivity index (χ4v) is 8.65. The van der Waals surface area contributed by atoms with Crippen molar-refractivity contribution in [3.8, 4) is 0 Å². The van der Waals surface area contributed by atoms with E-state index in [2.05, 4.69) is 57.2 Å². The van der Waals surface area contributed by atoms with Crippen molar-refractivity contribution in [2.45, 2.75) is 109 Å². The number of carboxylic acid groups (broad SMARTS) is 1. The number of ether oxygens (including phenoxy) is 2. The summed E-state index contributed by atoms with van der Waals surface area (Å²) in [6.07, 6.45) is 19.8. The van der Waals surface area contributed by atoms with E-state index in [0.717, 1.165) is 85.6 Å². The molecule has 3 atom stereocenters. The highest BCUT2D eigenvalue weighted by Crippen LogP contribution is 2.16. The Balaban J connectivity index is 0.000000283. The van der Waals surface area contributed by atoms with Crippen LogP contribution >= 0.6 is 0 Å². The molecule has 6 aromatic rings. The van der Waals surface area contributed by atoms with Gasteiger partial charge in [0.05, 0.1) is 44.3 Å². The Bertz CT molecular complexity index is 2910. The number of hydrogen-bond acceptors (Lipinski definition) is 16. The van der Waals surface area contributed by atoms with Crippen LogP contribution in [0.3, 0.4) is 0 Å². The van der Waals surface area contributed by atoms with E-state index in [1.807, 2.05) is 109 Å². The normalized spacial score (nSPS) is 11.8. The van der Waals surface area contributed by atoms with Crippen molar-refractivity contribution in [1.29, 1.82) is 0 Å². The molecule has 6 amide bonds. The molecule has 23 heteroatoms. The molecule has 468 valence electrons. The Hall–Kier alpha value is -10.2. The predicted molar refractivity (Wildman–Crippen MR) is 341 cm³/mol. The summed E-state index contributed by atoms with van der Waals surface area (Å²) in [5.74, 6) is 13.5. The number of aliphatic carboxylic acids is 1. The molecule has 6 rings (SSSR count). The number of amides is 6. The number of benzene rings is 4. The number of nitrogens with one attached hydrogen (secondary N) is 6. The van der Waals surface area contributed by atoms with Gasteiger partial charge in [-0.05, 0) is 134 Å². The molecule has 0 aliphatic rings. The predicted octanol–water partition coefficient (Wildman–Crippen LogP) is 7.16. The zero-order chi connectivity index (χ0) is 63.4. The molecule has 0 aliphatic carbocycles. The molecule has 0 bridgehead atoms. The lowest BCUT2D eigenvalue weighted by Crippen LogP contribution is -2.48. The van der Waals surface area contributed by atoms with Gasteiger partial charge in [-0.15, -0.1) is 0 Å². The number of hydrogen-bond donors (Lipinski definition) is 10. The summed E-state index contributed by atoms with van der Waals surface area (Å²) in [5.41, 5.74) is 8.98. The molecule has 3 unspecified atom stereocenters. The third-order valence-electron chi connectivity index (χ3n) is 13.1. The van der Waals surface area contributed by atoms with Crippen LogP contribution in [0.15, 0.2) is 167 Å². The second-order valence-corrected chi connectivity index (χ2v) is 19.9. The number of rotatable bonds is 32. The standard InChI is InChI=1S/C23H30N4O3.C22H29N5O3.C20H25N5O3/c1-2-30-22(28)21(16-19-9-4-3-5-10-19)27-23(29)25-15-7-6-8-18-11-13-20(14-12-18)17-26-24;1-2-30-21(28)20(14-19-7-5-12-24-15-19)27-22(29)25-13-4-3-6-17-8-10-18(11-9-17)16-26-23;21-24-13-16-8-6-15(7-9-16)4-1-2-11-23-20(28)25-18(12-19(26)27)17-5-3-10-22-14-17/h3-5,9-14,17,21H,2,6-8,15-16,24H2,1H3,(H2,25,27,29);5,7-12,15-16,20H,2-4,6,13-14,23H2,1H3,(H2,25,27,29);3,5-10,13-14,18H,1-2,4,11-12,21H2,(H,26,27)(H2,23,25,28). The van der Waals surface area contributed by atoms with Crippen LogP contribution in [0.2, 0.25) is 0 Å². The van der Waals surface area contributed by atoms with E-state index >= 15 is 0 Å². The van der Waals surface area contributed by atoms with Crippen molar-refractivity contribution >= 4 is 54.6 Å². The van der Waals surface area contributed by atoms with Gasteiger partial charge in [0.25, 0.3) is 0 Å². The van der Waals surface area contributed by atoms with E-state index in [1.165, 1.54) is 16.7 Å². The van der Waals surface area contributed by atoms with E-state index in [4.69, 9.17) is 32.1 Å². The minimum atomic E-state index is -0.988. The fraction of sp³-hybridized carbons (Fsp3) is 0.338. The molecule has 0 saturated heterocycles. The van der Waals surface area contributed by atoms with Crippen molar-refractivity contribution in [3.63, 3.8) is 0 Å². The fourth-order valence-electron chi connectivity index (χ4n) is 8.65. The average molecular weight is 1210 g/mol. The largest absolute Gasteiger partial charge is 0.481 e. The summed E-state index contributed by atoms with van der Waals surface area (Å²) in [4.78, 5) is 80.0. The zero-order valence-corrected chi connectivity index (χ0v) is 50.1. The summed E-state index contributed by atoms with van der Waals surface area (Å²) >= 11 is 0. The number of nitrogens with two attached hydrogens (primary N) is 3. The Labute approximate surface area is 514 Å². The molecule has 13 N–H and O–H groups in total. The van der Waals surface area contributed by atoms with Crippen molar-refractivity contribution < 1.29 is 43.3 Å². The van der Waals surface area contributed by atoms with E-state index in [1.54, 1.807) is 75.5 Å². The summed E-state index contributed by atoms with van der Waals surface area (Å²) in [7, 11) is 0. The molecule has 88 heavy (non-hydrogen) atoms. The van der Waals surface area contributed by atoms with Gasteiger partial charge in [0, 0.05) is 57.3 Å². The smallest absolute Gasteiger partial charge is 0.329 e. The molecular weight excluding hydrogens is 1120 g/mol. The first-order valence-electron chi connectivity index (χ1n) is 29.3. The summed E-state index contributed by atoms with van der Waals surface area (Å²) in [6, 6.07) is 37.4. The molecule has 2 heterocycles. The highest BCUT2D eigenvalue weighted by Gasteiger charge is 2.24. The number of urea groups is 3. The van der Waals surface area contributed by atoms with Crippen LogP contribution < -0.4 is 49.4 Å². The first kappa shape index (κ1) is 70.3. The van der Waals surface area contributed by atoms with E-state index in [0.29, 0.717) is 38.0 Å². The Morgan fingerprint density at radius 3 is 1.23 bits per heavy atom. The molecule has 23 nitrogen and oxygen atoms in total. The number of aromatic nitrogens is 2. The second-order valence-electron chi connectivity index (χ2n) is 19.9. The van der Waals surface area contributed by atoms with Gasteiger partial charge in [0.2, 0.25) is 0 Å². The van der Waals surface area contributed by atoms with Crippen molar-refractivity contribution in [3.05, 3.63) is 202 Å². The minimum Gasteiger partial charge on any atom is -0.481 e. The van der Waals surface area contributed by atoms with Crippen LogP contribution in [-0.2, 0) is 56.0 Å². The van der Waals surface area contributed by atoms with Gasteiger partial charge >= 0.3 is 36.0 Å². The van der Waals surface area contributed by atoms with Crippen LogP contribution in [0, 0.1) is 0 Å². The van der Waals surface area contributed by atoms with Crippen LogP contribution in [0.5, 0.6) is 0 Å². The SMILES string of the molecule is CCOC(=O)C(Cc1ccccc1)NC(=O)NCCCCc1ccc(C=NN)cc1.CCOC(=O)C(Cc1cccnc1)NC(=O)NCCCCc1ccc(C=NN)cc1.NN=Cc1ccc(CCCCNC(=O)NC(CC(=O)O)c2cccnc2)cc1. The van der Waals surface area contributed by atoms with Crippen molar-refractivity contribution in [2.75, 3.05) is 32.8 Å². The van der Waals surface area contributed by atoms with Crippen molar-refractivity contribution in [2.24, 2.45) is 32.8 Å². The number of hydrazone groups is 3. The maximum Gasteiger partial charge on any atom is 0.329 e. The number of unbranched alkanes of at least 4 members (excludes halogenated alkanes) is 3. The summed E-state index contributed by atoms with van der Waals surface area (Å²) < 4.78 is 10.2. The molecule has 0 aliphatic heterocycles. The van der Waals surface area contributed by atoms with Gasteiger partial charge in [0.1, 0.15) is 12.1 Å². The highest BCUT2D eigenvalue weighted by atomic mass is 16.5. The number of carbonyl (C=O) groups excluding carboxylic acids is 5. The maximum absolute atomic E-state index is 12.2. The van der Waals surface area contributed by atoms with Gasteiger partial charge in [-0.2, -0.15) is 15.3 Å². The third-order valence-corrected chi connectivity index (χ3v) is 13.1. The minimum absolute atomic E-state index is 0.204. The number of carbonyl (C=O) groups is 6. The summed E-state index contributed by atoms with van der Waals surface area (Å²) in [6.45, 7) is 5.57. The lowest BCUT2D eigenvalue weighted by atomic mass is 10.1. The van der Waals surface area contributed by atoms with Gasteiger partial charge in [-0.1, -0.05) is 115 Å². The number of esters is 2. The van der Waals surface area contributed by atoms with E-state index in [-0.39, 0.29) is 37.7 Å². The number of aryl methyl sites for hydroxylation is 3. The van der Waals surface area contributed by atoms with Gasteiger partial charge in [0.15, 0.2) is 0 Å². The third kappa shape index (κ3) is 30.1. The van der Waals surface area contributed by atoms with Crippen molar-refractivity contribution in [1.82, 2.24) is 41.9 Å². The monoisotopic (exact) mass is 1200 g/mol. The lowest BCUT2D eigenvalue weighted by molar-refractivity contribution is -0.146. The molecule has 0 radical (unpaired) electrons. The molecule has 2 aromatic heterocycles. The lowest BCUT2D eigenvalue weighted by Gasteiger charge is -2.18. The molecule has 4 aromatic carbocycles. The summed E-state index contributed by atoms with van der Waals surface area (Å²) in [5, 5.41) is 36.1. The zero-order valence-electron chi connectivity index (χ0n) is 50.1. The van der Waals surface area contributed by atoms with Crippen LogP contribution in [0.25, 0.3) is 0 Å². The van der Waals surface area contributed by atoms with Crippen LogP contribution in [0.1, 0.15) is 115 Å². The van der Waals surface area contributed by atoms with E-state index < -0.39 is 36.0 Å². The van der Waals surface area contributed by atoms with Gasteiger partial charge in [-0.25, -0.2) is 24.0 Å². The second kappa shape index (κ2) is 42.6. The quantitative estimate of drug-likeness (QED) is 0.00659. The number of nitrogens with zero attached hydrogens (tertiary/aromatic N) is 5. The van der Waals surface area contributed by atoms with Gasteiger partial charge < -0.3 is 64.0 Å².